The van der Waals surface area contributed by atoms with E-state index in [-0.39, 0.29) is 0 Å². The maximum Gasteiger partial charge on any atom is 0.416 e. The van der Waals surface area contributed by atoms with Crippen molar-refractivity contribution in [1.29, 1.82) is 0 Å². The topological polar surface area (TPSA) is 12.0 Å². The fraction of sp³-hybridized carbons (Fsp3) is 0.600. The fourth-order valence-electron chi connectivity index (χ4n) is 2.55. The number of hydrogen-bond donors (Lipinski definition) is 1. The van der Waals surface area contributed by atoms with Crippen LogP contribution in [0.1, 0.15) is 43.2 Å². The number of nitrogens with one attached hydrogen (secondary N) is 1. The van der Waals surface area contributed by atoms with E-state index in [0.29, 0.717) is 6.04 Å². The molecule has 1 nitrogen and oxygen atoms in total. The molecule has 1 atom stereocenters. The Kier molecular flexibility index (Phi) is 4.86. The highest BCUT2D eigenvalue weighted by Crippen LogP contribution is 2.29. The highest BCUT2D eigenvalue weighted by molar-refractivity contribution is 5.24. The summed E-state index contributed by atoms with van der Waals surface area (Å²) in [6.45, 7) is 1.07. The Bertz CT molecular complexity index is 375. The quantitative estimate of drug-likeness (QED) is 0.870. The second-order valence-corrected chi connectivity index (χ2v) is 5.23. The normalized spacial score (nSPS) is 21.1. The fourth-order valence-corrected chi connectivity index (χ4v) is 2.55. The number of hydrogen-bond acceptors (Lipinski definition) is 1. The first kappa shape index (κ1) is 14.4. The van der Waals surface area contributed by atoms with Crippen LogP contribution >= 0.6 is 0 Å². The van der Waals surface area contributed by atoms with Gasteiger partial charge in [0.2, 0.25) is 0 Å². The summed E-state index contributed by atoms with van der Waals surface area (Å²) in [4.78, 5) is 0. The van der Waals surface area contributed by atoms with Gasteiger partial charge in [-0.1, -0.05) is 25.0 Å². The molecule has 0 spiro atoms. The molecule has 1 saturated heterocycles. The van der Waals surface area contributed by atoms with Crippen LogP contribution in [0.15, 0.2) is 24.3 Å². The minimum absolute atomic E-state index is 0.518. The van der Waals surface area contributed by atoms with Crippen molar-refractivity contribution in [3.05, 3.63) is 35.4 Å². The molecule has 0 aromatic heterocycles. The Balaban J connectivity index is 1.85. The summed E-state index contributed by atoms with van der Waals surface area (Å²) >= 11 is 0. The van der Waals surface area contributed by atoms with Gasteiger partial charge >= 0.3 is 6.18 Å². The maximum absolute atomic E-state index is 12.4. The van der Waals surface area contributed by atoms with E-state index < -0.39 is 11.7 Å². The lowest BCUT2D eigenvalue weighted by molar-refractivity contribution is -0.137. The van der Waals surface area contributed by atoms with E-state index in [1.54, 1.807) is 12.1 Å². The van der Waals surface area contributed by atoms with Gasteiger partial charge in [-0.2, -0.15) is 13.2 Å². The molecule has 1 aromatic rings. The van der Waals surface area contributed by atoms with Gasteiger partial charge in [-0.3, -0.25) is 0 Å². The second kappa shape index (κ2) is 6.42. The van der Waals surface area contributed by atoms with Crippen LogP contribution in [-0.2, 0) is 12.6 Å². The highest BCUT2D eigenvalue weighted by atomic mass is 19.4. The zero-order chi connectivity index (χ0) is 13.7. The van der Waals surface area contributed by atoms with E-state index in [1.165, 1.54) is 37.8 Å². The summed E-state index contributed by atoms with van der Waals surface area (Å²) in [7, 11) is 0. The summed E-state index contributed by atoms with van der Waals surface area (Å²) in [5, 5.41) is 3.51. The smallest absolute Gasteiger partial charge is 0.314 e. The largest absolute Gasteiger partial charge is 0.416 e. The van der Waals surface area contributed by atoms with Crippen molar-refractivity contribution >= 4 is 0 Å². The van der Waals surface area contributed by atoms with Gasteiger partial charge in [-0.15, -0.1) is 0 Å². The van der Waals surface area contributed by atoms with Gasteiger partial charge in [0.1, 0.15) is 0 Å². The van der Waals surface area contributed by atoms with Gasteiger partial charge in [-0.25, -0.2) is 0 Å². The Labute approximate surface area is 112 Å². The summed E-state index contributed by atoms with van der Waals surface area (Å²) in [6, 6.07) is 6.06. The summed E-state index contributed by atoms with van der Waals surface area (Å²) < 4.78 is 37.3. The molecule has 1 fully saturated rings. The highest BCUT2D eigenvalue weighted by Gasteiger charge is 2.29. The van der Waals surface area contributed by atoms with Crippen molar-refractivity contribution in [3.63, 3.8) is 0 Å². The van der Waals surface area contributed by atoms with Gasteiger partial charge in [-0.05, 0) is 49.9 Å². The first-order chi connectivity index (χ1) is 9.05. The third kappa shape index (κ3) is 4.53. The minimum atomic E-state index is -4.23. The van der Waals surface area contributed by atoms with Crippen molar-refractivity contribution in [2.45, 2.75) is 50.7 Å². The standard InChI is InChI=1S/C15H20F3N/c16-15(17,18)13-8-5-12(6-9-13)7-10-14-4-2-1-3-11-19-14/h5-6,8-9,14,19H,1-4,7,10-11H2. The molecule has 1 aromatic carbocycles. The molecule has 1 unspecified atom stereocenters. The number of rotatable bonds is 3. The van der Waals surface area contributed by atoms with Crippen LogP contribution < -0.4 is 5.32 Å². The molecule has 0 aliphatic carbocycles. The third-order valence-electron chi connectivity index (χ3n) is 3.73. The molecular formula is C15H20F3N. The van der Waals surface area contributed by atoms with Gasteiger partial charge < -0.3 is 5.32 Å². The van der Waals surface area contributed by atoms with Gasteiger partial charge in [0.05, 0.1) is 5.56 Å². The number of alkyl halides is 3. The van der Waals surface area contributed by atoms with Gasteiger partial charge in [0.25, 0.3) is 0 Å². The van der Waals surface area contributed by atoms with Crippen LogP contribution in [0, 0.1) is 0 Å². The molecule has 19 heavy (non-hydrogen) atoms. The Hall–Kier alpha value is -1.03. The van der Waals surface area contributed by atoms with Crippen LogP contribution in [0.25, 0.3) is 0 Å². The number of halogens is 3. The van der Waals surface area contributed by atoms with E-state index in [2.05, 4.69) is 5.32 Å². The molecule has 2 rings (SSSR count). The summed E-state index contributed by atoms with van der Waals surface area (Å²) in [6.07, 6.45) is 2.56. The predicted molar refractivity (Wildman–Crippen MR) is 70.0 cm³/mol. The van der Waals surface area contributed by atoms with Gasteiger partial charge in [0.15, 0.2) is 0 Å². The molecule has 0 bridgehead atoms. The molecule has 1 heterocycles. The van der Waals surface area contributed by atoms with Crippen molar-refractivity contribution in [1.82, 2.24) is 5.32 Å². The SMILES string of the molecule is FC(F)(F)c1ccc(CCC2CCCCCN2)cc1. The molecule has 106 valence electrons. The molecule has 0 amide bonds. The molecule has 0 radical (unpaired) electrons. The van der Waals surface area contributed by atoms with E-state index >= 15 is 0 Å². The second-order valence-electron chi connectivity index (χ2n) is 5.23. The average Bonchev–Trinajstić information content (AvgIpc) is 2.64. The van der Waals surface area contributed by atoms with Crippen LogP contribution in [0.5, 0.6) is 0 Å². The van der Waals surface area contributed by atoms with E-state index in [0.717, 1.165) is 24.9 Å². The van der Waals surface area contributed by atoms with Crippen molar-refractivity contribution in [2.24, 2.45) is 0 Å². The van der Waals surface area contributed by atoms with Crippen LogP contribution in [-0.4, -0.2) is 12.6 Å². The Morgan fingerprint density at radius 1 is 1.05 bits per heavy atom. The van der Waals surface area contributed by atoms with Crippen LogP contribution in [0.3, 0.4) is 0 Å². The molecule has 1 aliphatic rings. The minimum Gasteiger partial charge on any atom is -0.314 e. The summed E-state index contributed by atoms with van der Waals surface area (Å²) in [5.74, 6) is 0. The van der Waals surface area contributed by atoms with Gasteiger partial charge in [0, 0.05) is 6.04 Å². The first-order valence-corrected chi connectivity index (χ1v) is 6.95. The number of aryl methyl sites for hydroxylation is 1. The Morgan fingerprint density at radius 2 is 1.79 bits per heavy atom. The summed E-state index contributed by atoms with van der Waals surface area (Å²) in [5.41, 5.74) is 0.419. The molecule has 0 saturated carbocycles. The first-order valence-electron chi connectivity index (χ1n) is 6.95. The zero-order valence-electron chi connectivity index (χ0n) is 11.0. The lowest BCUT2D eigenvalue weighted by atomic mass is 10.0. The molecule has 1 N–H and O–H groups in total. The Morgan fingerprint density at radius 3 is 2.47 bits per heavy atom. The van der Waals surface area contributed by atoms with E-state index in [4.69, 9.17) is 0 Å². The zero-order valence-corrected chi connectivity index (χ0v) is 11.0. The monoisotopic (exact) mass is 271 g/mol. The molecule has 1 aliphatic heterocycles. The average molecular weight is 271 g/mol. The van der Waals surface area contributed by atoms with E-state index in [1.807, 2.05) is 0 Å². The lowest BCUT2D eigenvalue weighted by Gasteiger charge is -2.15. The molecule has 4 heteroatoms. The van der Waals surface area contributed by atoms with Crippen LogP contribution in [0.4, 0.5) is 13.2 Å². The van der Waals surface area contributed by atoms with E-state index in [9.17, 15) is 13.2 Å². The van der Waals surface area contributed by atoms with Crippen molar-refractivity contribution < 1.29 is 13.2 Å². The van der Waals surface area contributed by atoms with Crippen molar-refractivity contribution in [3.8, 4) is 0 Å². The predicted octanol–water partition coefficient (Wildman–Crippen LogP) is 4.17. The maximum atomic E-state index is 12.4. The third-order valence-corrected chi connectivity index (χ3v) is 3.73. The molecular weight excluding hydrogens is 251 g/mol. The number of benzene rings is 1. The van der Waals surface area contributed by atoms with Crippen molar-refractivity contribution in [2.75, 3.05) is 6.54 Å². The lowest BCUT2D eigenvalue weighted by Crippen LogP contribution is -2.28. The van der Waals surface area contributed by atoms with Crippen LogP contribution in [0.2, 0.25) is 0 Å².